The predicted molar refractivity (Wildman–Crippen MR) is 66.4 cm³/mol. The van der Waals surface area contributed by atoms with Gasteiger partial charge in [-0.1, -0.05) is 0 Å². The second kappa shape index (κ2) is 6.07. The number of fused-ring (bicyclic) bond motifs is 1. The summed E-state index contributed by atoms with van der Waals surface area (Å²) in [5, 5.41) is 1.52. The van der Waals surface area contributed by atoms with Gasteiger partial charge in [0.1, 0.15) is 0 Å². The van der Waals surface area contributed by atoms with Crippen LogP contribution in [-0.2, 0) is 13.5 Å². The Balaban J connectivity index is 0.000000280. The van der Waals surface area contributed by atoms with Crippen molar-refractivity contribution < 1.29 is 20.1 Å². The molecular weight excluding hydrogens is 361 g/mol. The summed E-state index contributed by atoms with van der Waals surface area (Å²) in [5.41, 5.74) is 2.92. The molecule has 18 heavy (non-hydrogen) atoms. The van der Waals surface area contributed by atoms with Crippen LogP contribution in [0, 0.1) is 6.92 Å². The van der Waals surface area contributed by atoms with E-state index in [9.17, 15) is 17.3 Å². The van der Waals surface area contributed by atoms with E-state index in [0.717, 1.165) is 6.42 Å². The number of hydrogen-bond acceptors (Lipinski definition) is 0. The van der Waals surface area contributed by atoms with E-state index in [1.165, 1.54) is 10.9 Å². The Morgan fingerprint density at radius 3 is 2.28 bits per heavy atom. The zero-order valence-corrected chi connectivity index (χ0v) is 12.7. The second-order valence-corrected chi connectivity index (χ2v) is 7.22. The minimum absolute atomic E-state index is 0.0825. The third-order valence-electron chi connectivity index (χ3n) is 2.40. The molecule has 1 heterocycles. The van der Waals surface area contributed by atoms with Gasteiger partial charge in [-0.15, -0.1) is 0 Å². The molecule has 0 saturated heterocycles. The number of nitrogens with zero attached hydrogens (tertiary/aromatic N) is 1. The minimum atomic E-state index is -6.00. The molecule has 2 aromatic rings. The summed E-state index contributed by atoms with van der Waals surface area (Å²) in [6, 6.07) is 6.88. The Labute approximate surface area is 114 Å². The molecule has 0 amide bonds. The van der Waals surface area contributed by atoms with Crippen molar-refractivity contribution in [1.82, 2.24) is 0 Å². The fraction of sp³-hybridized carbons (Fsp3) is 0.364. The van der Waals surface area contributed by atoms with Crippen LogP contribution in [0.15, 0.2) is 18.2 Å². The molecule has 1 aromatic carbocycles. The topological polar surface area (TPSA) is 3.88 Å². The van der Waals surface area contributed by atoms with Crippen LogP contribution in [0.4, 0.5) is 17.3 Å². The first-order valence-electron chi connectivity index (χ1n) is 5.48. The molecule has 0 N–H and O–H groups in total. The number of rotatable bonds is 1. The van der Waals surface area contributed by atoms with Gasteiger partial charge in [0, 0.05) is 0 Å². The van der Waals surface area contributed by atoms with Crippen LogP contribution in [0.2, 0.25) is 0 Å². The van der Waals surface area contributed by atoms with Crippen LogP contribution < -0.4 is 2.79 Å². The van der Waals surface area contributed by atoms with Crippen molar-refractivity contribution in [1.29, 1.82) is 0 Å². The molecule has 100 valence electrons. The van der Waals surface area contributed by atoms with Gasteiger partial charge in [-0.2, -0.15) is 0 Å². The van der Waals surface area contributed by atoms with E-state index in [0.29, 0.717) is 0 Å². The van der Waals surface area contributed by atoms with Crippen molar-refractivity contribution in [3.8, 4) is 0 Å². The van der Waals surface area contributed by atoms with Gasteiger partial charge in [0.15, 0.2) is 0 Å². The normalized spacial score (nSPS) is 11.3. The van der Waals surface area contributed by atoms with Crippen molar-refractivity contribution in [3.05, 3.63) is 29.5 Å². The summed E-state index contributed by atoms with van der Waals surface area (Å²) < 4.78 is 43.1. The molecule has 0 bridgehead atoms. The first kappa shape index (κ1) is 15.5. The molecule has 0 aliphatic heterocycles. The molecule has 0 radical (unpaired) electrons. The Kier molecular flexibility index (Phi) is 5.24. The SMILES string of the molecule is CCc1c2cc(C)ccc2[te][n+]1C.F[B-](F)(F)F. The number of hydrogen-bond donors (Lipinski definition) is 0. The average molecular weight is 375 g/mol. The van der Waals surface area contributed by atoms with Crippen molar-refractivity contribution in [2.75, 3.05) is 0 Å². The molecule has 7 heteroatoms. The van der Waals surface area contributed by atoms with Crippen LogP contribution >= 0.6 is 0 Å². The second-order valence-electron chi connectivity index (χ2n) is 3.88. The molecule has 0 aliphatic carbocycles. The van der Waals surface area contributed by atoms with Gasteiger partial charge in [0.25, 0.3) is 0 Å². The summed E-state index contributed by atoms with van der Waals surface area (Å²) in [4.78, 5) is 0. The van der Waals surface area contributed by atoms with E-state index in [-0.39, 0.29) is 20.7 Å². The Hall–Kier alpha value is -0.535. The van der Waals surface area contributed by atoms with Crippen LogP contribution in [-0.4, -0.2) is 28.0 Å². The Bertz CT molecular complexity index is 530. The molecular formula is C11H14BF4NTe. The van der Waals surface area contributed by atoms with Crippen LogP contribution in [0.5, 0.6) is 0 Å². The van der Waals surface area contributed by atoms with E-state index in [1.54, 1.807) is 9.10 Å². The van der Waals surface area contributed by atoms with Crippen LogP contribution in [0.3, 0.4) is 0 Å². The molecule has 2 rings (SSSR count). The molecule has 0 fully saturated rings. The van der Waals surface area contributed by atoms with Gasteiger partial charge in [-0.25, -0.2) is 0 Å². The molecule has 1 aromatic heterocycles. The van der Waals surface area contributed by atoms with E-state index in [4.69, 9.17) is 0 Å². The fourth-order valence-corrected chi connectivity index (χ4v) is 4.69. The number of halogens is 4. The van der Waals surface area contributed by atoms with Crippen molar-refractivity contribution in [2.24, 2.45) is 7.05 Å². The summed E-state index contributed by atoms with van der Waals surface area (Å²) >= 11 is -0.0825. The maximum atomic E-state index is 9.75. The molecule has 0 unspecified atom stereocenters. The van der Waals surface area contributed by atoms with Crippen molar-refractivity contribution in [3.63, 3.8) is 0 Å². The summed E-state index contributed by atoms with van der Waals surface area (Å²) in [5.74, 6) is 0. The molecule has 0 aliphatic rings. The monoisotopic (exact) mass is 377 g/mol. The fourth-order valence-electron chi connectivity index (χ4n) is 1.73. The third-order valence-corrected chi connectivity index (χ3v) is 5.38. The first-order chi connectivity index (χ1) is 8.22. The largest absolute Gasteiger partial charge is 0.673 e. The third kappa shape index (κ3) is 4.62. The average Bonchev–Trinajstić information content (AvgIpc) is 2.50. The zero-order chi connectivity index (χ0) is 13.9. The molecule has 1 nitrogen and oxygen atoms in total. The number of aryl methyl sites for hydroxylation is 3. The standard InChI is InChI=1S/C11H14NTe.BF4/c1-4-10-9-7-8(2)5-6-11(9)13-12(10)3;2-1(3,4)5/h5-7H,4H2,1-3H3;/q+1;-1. The van der Waals surface area contributed by atoms with Gasteiger partial charge in [0.2, 0.25) is 0 Å². The first-order valence-corrected chi connectivity index (χ1v) is 7.69. The Morgan fingerprint density at radius 1 is 1.22 bits per heavy atom. The quantitative estimate of drug-likeness (QED) is 0.534. The van der Waals surface area contributed by atoms with Crippen LogP contribution in [0.1, 0.15) is 18.2 Å². The minimum Gasteiger partial charge on any atom is -0.418 e. The van der Waals surface area contributed by atoms with E-state index >= 15 is 0 Å². The summed E-state index contributed by atoms with van der Waals surface area (Å²) in [6.45, 7) is 4.42. The van der Waals surface area contributed by atoms with Gasteiger partial charge in [-0.3, -0.25) is 0 Å². The van der Waals surface area contributed by atoms with Gasteiger partial charge in [0.05, 0.1) is 0 Å². The van der Waals surface area contributed by atoms with Crippen LogP contribution in [0.25, 0.3) is 8.79 Å². The number of benzene rings is 1. The Morgan fingerprint density at radius 2 is 1.78 bits per heavy atom. The summed E-state index contributed by atoms with van der Waals surface area (Å²) in [6.07, 6.45) is 1.16. The van der Waals surface area contributed by atoms with Crippen molar-refractivity contribution >= 4 is 36.8 Å². The van der Waals surface area contributed by atoms with Gasteiger partial charge >= 0.3 is 96.3 Å². The maximum absolute atomic E-state index is 9.75. The van der Waals surface area contributed by atoms with E-state index in [2.05, 4.69) is 41.9 Å². The smallest absolute Gasteiger partial charge is 0.418 e. The number of aromatic nitrogens is 1. The predicted octanol–water partition coefficient (Wildman–Crippen LogP) is 2.89. The molecule has 0 atom stereocenters. The van der Waals surface area contributed by atoms with E-state index in [1.807, 2.05) is 0 Å². The molecule has 0 saturated carbocycles. The molecule has 0 spiro atoms. The maximum Gasteiger partial charge on any atom is 0.673 e. The summed E-state index contributed by atoms with van der Waals surface area (Å²) in [7, 11) is -3.77. The van der Waals surface area contributed by atoms with Gasteiger partial charge < -0.3 is 17.3 Å². The zero-order valence-electron chi connectivity index (χ0n) is 10.4. The van der Waals surface area contributed by atoms with E-state index < -0.39 is 7.25 Å². The van der Waals surface area contributed by atoms with Gasteiger partial charge in [-0.05, 0) is 0 Å². The van der Waals surface area contributed by atoms with Crippen molar-refractivity contribution in [2.45, 2.75) is 20.3 Å².